The zero-order valence-electron chi connectivity index (χ0n) is 15.5. The second-order valence-electron chi connectivity index (χ2n) is 6.69. The number of thiol groups is 1. The van der Waals surface area contributed by atoms with Crippen LogP contribution in [0.2, 0.25) is 10.0 Å². The Kier molecular flexibility index (Phi) is 6.84. The van der Waals surface area contributed by atoms with E-state index in [0.717, 1.165) is 17.9 Å². The molecule has 1 aliphatic rings. The molecule has 0 radical (unpaired) electrons. The first-order chi connectivity index (χ1) is 13.8. The van der Waals surface area contributed by atoms with Gasteiger partial charge in [-0.15, -0.1) is 0 Å². The Morgan fingerprint density at radius 3 is 2.43 bits per heavy atom. The number of β-lactam (4-membered cyclic amide) rings is 1. The largest absolute Gasteiger partial charge is 0.503 e. The van der Waals surface area contributed by atoms with Crippen molar-refractivity contribution in [3.63, 3.8) is 0 Å². The maximum Gasteiger partial charge on any atom is 0.328 e. The summed E-state index contributed by atoms with van der Waals surface area (Å²) in [5.74, 6) is -4.71. The molecule has 1 fully saturated rings. The fraction of sp³-hybridized carbons (Fsp3) is 0.375. The van der Waals surface area contributed by atoms with Crippen molar-refractivity contribution in [2.45, 2.75) is 37.1 Å². The molecule has 2 amide bonds. The van der Waals surface area contributed by atoms with Crippen molar-refractivity contribution in [3.05, 3.63) is 21.7 Å². The van der Waals surface area contributed by atoms with E-state index in [1.54, 1.807) is 6.92 Å². The lowest BCUT2D eigenvalue weighted by Crippen LogP contribution is -2.66. The molecule has 0 unspecified atom stereocenters. The zero-order valence-corrected chi connectivity index (χ0v) is 17.9. The Morgan fingerprint density at radius 1 is 1.37 bits per heavy atom. The summed E-state index contributed by atoms with van der Waals surface area (Å²) in [6, 6.07) is -1.32. The van der Waals surface area contributed by atoms with Gasteiger partial charge in [-0.3, -0.25) is 9.59 Å². The number of hydrogen-bond acceptors (Lipinski definition) is 8. The van der Waals surface area contributed by atoms with Gasteiger partial charge in [0.2, 0.25) is 5.91 Å². The van der Waals surface area contributed by atoms with Gasteiger partial charge in [0, 0.05) is 18.7 Å². The topological polar surface area (TPSA) is 174 Å². The summed E-state index contributed by atoms with van der Waals surface area (Å²) >= 11 is 11.5. The van der Waals surface area contributed by atoms with Crippen LogP contribution in [0.5, 0.6) is 11.5 Å². The molecule has 0 saturated carbocycles. The number of phenolic OH excluding ortho intramolecular Hbond substituents is 2. The van der Waals surface area contributed by atoms with Crippen LogP contribution in [0.15, 0.2) is 11.2 Å². The van der Waals surface area contributed by atoms with Crippen LogP contribution in [-0.4, -0.2) is 69.5 Å². The summed E-state index contributed by atoms with van der Waals surface area (Å²) in [6.45, 7) is 2.61. The molecule has 1 heterocycles. The summed E-state index contributed by atoms with van der Waals surface area (Å²) in [4.78, 5) is 36.8. The van der Waals surface area contributed by atoms with E-state index in [2.05, 4.69) is 5.10 Å². The number of carbonyl (C=O) groups is 3. The summed E-state index contributed by atoms with van der Waals surface area (Å²) in [6.07, 6.45) is 0.760. The molecule has 1 aliphatic heterocycles. The number of benzene rings is 1. The van der Waals surface area contributed by atoms with E-state index in [9.17, 15) is 38.1 Å². The van der Waals surface area contributed by atoms with E-state index in [1.807, 2.05) is 5.43 Å². The van der Waals surface area contributed by atoms with Crippen LogP contribution in [-0.2, 0) is 20.3 Å². The van der Waals surface area contributed by atoms with E-state index in [-0.39, 0.29) is 17.0 Å². The van der Waals surface area contributed by atoms with Crippen molar-refractivity contribution in [2.24, 2.45) is 5.10 Å². The maximum absolute atomic E-state index is 12.3. The molecule has 1 saturated heterocycles. The molecule has 1 aromatic carbocycles. The van der Waals surface area contributed by atoms with Crippen LogP contribution >= 0.6 is 23.2 Å². The van der Waals surface area contributed by atoms with Gasteiger partial charge in [0.1, 0.15) is 4.75 Å². The number of phenols is 2. The second kappa shape index (κ2) is 8.66. The van der Waals surface area contributed by atoms with Crippen molar-refractivity contribution in [1.29, 1.82) is 0 Å². The van der Waals surface area contributed by atoms with Crippen LogP contribution in [0.25, 0.3) is 0 Å². The third-order valence-electron chi connectivity index (χ3n) is 4.59. The number of likely N-dealkylation sites (tertiary alicyclic amines) is 1. The third-order valence-corrected chi connectivity index (χ3v) is 6.41. The Bertz CT molecular complexity index is 1020. The number of hydrogen-bond donors (Lipinski definition) is 5. The number of nitrogens with zero attached hydrogens (tertiary/aromatic N) is 2. The van der Waals surface area contributed by atoms with E-state index >= 15 is 0 Å². The predicted molar refractivity (Wildman–Crippen MR) is 107 cm³/mol. The van der Waals surface area contributed by atoms with Gasteiger partial charge >= 0.3 is 5.97 Å². The van der Waals surface area contributed by atoms with Gasteiger partial charge in [-0.2, -0.15) is 5.10 Å². The number of rotatable bonds is 7. The highest BCUT2D eigenvalue weighted by molar-refractivity contribution is 7.75. The number of halogens is 2. The van der Waals surface area contributed by atoms with Gasteiger partial charge in [-0.1, -0.05) is 23.2 Å². The minimum Gasteiger partial charge on any atom is -0.503 e. The smallest absolute Gasteiger partial charge is 0.328 e. The van der Waals surface area contributed by atoms with Gasteiger partial charge < -0.3 is 20.2 Å². The Balaban J connectivity index is 2.34. The lowest BCUT2D eigenvalue weighted by molar-refractivity contribution is -0.161. The first kappa shape index (κ1) is 23.7. The fourth-order valence-electron chi connectivity index (χ4n) is 2.91. The number of aliphatic carboxylic acids is 1. The van der Waals surface area contributed by atoms with Crippen LogP contribution in [0.3, 0.4) is 0 Å². The van der Waals surface area contributed by atoms with Crippen molar-refractivity contribution >= 4 is 57.9 Å². The van der Waals surface area contributed by atoms with Crippen LogP contribution < -0.4 is 5.43 Å². The fourth-order valence-corrected chi connectivity index (χ4v) is 3.92. The predicted octanol–water partition coefficient (Wildman–Crippen LogP) is 0.564. The highest BCUT2D eigenvalue weighted by Gasteiger charge is 2.52. The minimum absolute atomic E-state index is 0.0764. The number of aromatic hydroxyl groups is 2. The molecule has 30 heavy (non-hydrogen) atoms. The van der Waals surface area contributed by atoms with Crippen molar-refractivity contribution in [2.75, 3.05) is 0 Å². The minimum atomic E-state index is -3.46. The molecule has 4 N–H and O–H groups in total. The monoisotopic (exact) mass is 481 g/mol. The third kappa shape index (κ3) is 4.16. The number of carboxylic acids is 1. The van der Waals surface area contributed by atoms with E-state index in [1.165, 1.54) is 0 Å². The van der Waals surface area contributed by atoms with Crippen molar-refractivity contribution < 1.29 is 38.1 Å². The zero-order chi connectivity index (χ0) is 23.0. The number of hydrazone groups is 1. The lowest BCUT2D eigenvalue weighted by atomic mass is 9.92. The number of amides is 2. The molecule has 11 nitrogen and oxygen atoms in total. The van der Waals surface area contributed by atoms with E-state index in [4.69, 9.17) is 23.2 Å². The van der Waals surface area contributed by atoms with Gasteiger partial charge in [0.25, 0.3) is 5.91 Å². The van der Waals surface area contributed by atoms with Gasteiger partial charge in [-0.25, -0.2) is 18.6 Å². The first-order valence-corrected chi connectivity index (χ1v) is 10.2. The molecule has 0 spiro atoms. The molecule has 0 aliphatic carbocycles. The normalized spacial score (nSPS) is 19.4. The average molecular weight is 482 g/mol. The summed E-state index contributed by atoms with van der Waals surface area (Å²) in [5, 5.41) is 31.3. The molecule has 2 rings (SSSR count). The maximum atomic E-state index is 12.3. The van der Waals surface area contributed by atoms with Crippen molar-refractivity contribution in [3.8, 4) is 11.5 Å². The van der Waals surface area contributed by atoms with Crippen LogP contribution in [0, 0.1) is 0 Å². The SMILES string of the molecule is C[C@@H]1CC(=O)N1[C@@H](C(=O)O)[C@](C)(/C=N/NC(=O)c1cc(Cl)c(O)c(O)c1Cl)[SH](=O)=O. The number of carbonyl (C=O) groups excluding carboxylic acids is 2. The Morgan fingerprint density at radius 2 is 1.97 bits per heavy atom. The highest BCUT2D eigenvalue weighted by Crippen LogP contribution is 2.41. The van der Waals surface area contributed by atoms with E-state index < -0.39 is 61.8 Å². The molecular weight excluding hydrogens is 465 g/mol. The summed E-state index contributed by atoms with van der Waals surface area (Å²) < 4.78 is 21.6. The lowest BCUT2D eigenvalue weighted by Gasteiger charge is -2.45. The average Bonchev–Trinajstić information content (AvgIpc) is 2.66. The van der Waals surface area contributed by atoms with E-state index in [0.29, 0.717) is 6.21 Å². The van der Waals surface area contributed by atoms with Gasteiger partial charge in [-0.05, 0) is 19.9 Å². The second-order valence-corrected chi connectivity index (χ2v) is 8.96. The highest BCUT2D eigenvalue weighted by atomic mass is 35.5. The molecule has 164 valence electrons. The molecule has 0 bridgehead atoms. The molecule has 14 heteroatoms. The van der Waals surface area contributed by atoms with Crippen LogP contribution in [0.1, 0.15) is 30.6 Å². The molecular formula is C16H17Cl2N3O8S. The standard InChI is InChI=1S/C16H17Cl2N3O8S/c1-6-3-9(22)21(6)13(15(26)27)16(2,30(28)29)5-19-20-14(25)7-4-8(17)11(23)12(24)10(7)18/h4-6,13,23-24,30H,3H2,1-2H3,(H,20,25)(H,26,27)/b19-5+/t6-,13+,16+/m1/s1. The molecule has 0 aromatic heterocycles. The summed E-state index contributed by atoms with van der Waals surface area (Å²) in [5.41, 5.74) is 1.56. The first-order valence-electron chi connectivity index (χ1n) is 8.25. The van der Waals surface area contributed by atoms with Crippen molar-refractivity contribution in [1.82, 2.24) is 10.3 Å². The quantitative estimate of drug-likeness (QED) is 0.123. The summed E-state index contributed by atoms with van der Waals surface area (Å²) in [7, 11) is -3.46. The van der Waals surface area contributed by atoms with Crippen LogP contribution in [0.4, 0.5) is 0 Å². The van der Waals surface area contributed by atoms with Gasteiger partial charge in [0.05, 0.1) is 15.6 Å². The van der Waals surface area contributed by atoms with Gasteiger partial charge in [0.15, 0.2) is 28.2 Å². The Labute approximate surface area is 181 Å². The molecule has 1 aromatic rings. The number of carboxylic acid groups (broad SMARTS) is 1. The Hall–Kier alpha value is -2.57. The number of nitrogens with one attached hydrogen (secondary N) is 1. The molecule has 3 atom stereocenters.